The minimum atomic E-state index is -4.45. The van der Waals surface area contributed by atoms with E-state index in [1.165, 1.54) is 6.26 Å². The predicted molar refractivity (Wildman–Crippen MR) is 68.0 cm³/mol. The summed E-state index contributed by atoms with van der Waals surface area (Å²) in [6.45, 7) is 0.395. The average molecular weight is 286 g/mol. The van der Waals surface area contributed by atoms with Crippen LogP contribution in [0.3, 0.4) is 0 Å². The number of hydrogen-bond acceptors (Lipinski definition) is 5. The predicted octanol–water partition coefficient (Wildman–Crippen LogP) is 2.63. The van der Waals surface area contributed by atoms with Crippen molar-refractivity contribution in [2.24, 2.45) is 5.84 Å². The van der Waals surface area contributed by atoms with E-state index >= 15 is 0 Å². The molecule has 0 aliphatic rings. The second kappa shape index (κ2) is 5.83. The third-order valence-corrected chi connectivity index (χ3v) is 2.56. The first-order chi connectivity index (χ1) is 9.49. The second-order valence-electron chi connectivity index (χ2n) is 4.02. The molecule has 2 aromatic rings. The summed E-state index contributed by atoms with van der Waals surface area (Å²) < 4.78 is 43.2. The van der Waals surface area contributed by atoms with E-state index in [4.69, 9.17) is 10.3 Å². The zero-order valence-corrected chi connectivity index (χ0v) is 10.4. The van der Waals surface area contributed by atoms with Crippen LogP contribution in [0, 0.1) is 0 Å². The van der Waals surface area contributed by atoms with Gasteiger partial charge in [-0.25, -0.2) is 10.8 Å². The molecule has 0 radical (unpaired) electrons. The number of nitrogens with zero attached hydrogens (tertiary/aromatic N) is 1. The summed E-state index contributed by atoms with van der Waals surface area (Å²) in [7, 11) is 0. The highest BCUT2D eigenvalue weighted by Crippen LogP contribution is 2.31. The molecule has 0 aliphatic carbocycles. The maximum atomic E-state index is 12.7. The SMILES string of the molecule is NNc1cc(C(F)(F)F)cc(NCCc2ccco2)n1. The minimum absolute atomic E-state index is 0.0553. The summed E-state index contributed by atoms with van der Waals surface area (Å²) in [6.07, 6.45) is -2.38. The highest BCUT2D eigenvalue weighted by Gasteiger charge is 2.31. The summed E-state index contributed by atoms with van der Waals surface area (Å²) in [5.41, 5.74) is 1.30. The molecule has 0 aromatic carbocycles. The van der Waals surface area contributed by atoms with Crippen molar-refractivity contribution >= 4 is 11.6 Å². The topological polar surface area (TPSA) is 76.1 Å². The van der Waals surface area contributed by atoms with Crippen molar-refractivity contribution in [2.75, 3.05) is 17.3 Å². The molecule has 0 saturated heterocycles. The van der Waals surface area contributed by atoms with E-state index in [2.05, 4.69) is 15.7 Å². The smallest absolute Gasteiger partial charge is 0.416 e. The van der Waals surface area contributed by atoms with Gasteiger partial charge in [0.1, 0.15) is 17.4 Å². The molecule has 0 bridgehead atoms. The van der Waals surface area contributed by atoms with Crippen molar-refractivity contribution in [3.8, 4) is 0 Å². The van der Waals surface area contributed by atoms with Crippen molar-refractivity contribution < 1.29 is 17.6 Å². The van der Waals surface area contributed by atoms with Crippen LogP contribution in [0.25, 0.3) is 0 Å². The van der Waals surface area contributed by atoms with Gasteiger partial charge < -0.3 is 15.2 Å². The van der Waals surface area contributed by atoms with E-state index in [-0.39, 0.29) is 11.6 Å². The fourth-order valence-corrected chi connectivity index (χ4v) is 1.63. The van der Waals surface area contributed by atoms with Gasteiger partial charge in [-0.15, -0.1) is 0 Å². The molecular formula is C12H13F3N4O. The van der Waals surface area contributed by atoms with Crippen molar-refractivity contribution in [1.82, 2.24) is 4.98 Å². The van der Waals surface area contributed by atoms with Crippen LogP contribution in [-0.4, -0.2) is 11.5 Å². The zero-order valence-electron chi connectivity index (χ0n) is 10.4. The van der Waals surface area contributed by atoms with Crippen molar-refractivity contribution in [2.45, 2.75) is 12.6 Å². The van der Waals surface area contributed by atoms with E-state index in [0.29, 0.717) is 13.0 Å². The number of nitrogens with two attached hydrogens (primary N) is 1. The summed E-state index contributed by atoms with van der Waals surface area (Å²) in [5, 5.41) is 2.80. The van der Waals surface area contributed by atoms with Gasteiger partial charge in [0.15, 0.2) is 0 Å². The Morgan fingerprint density at radius 3 is 2.60 bits per heavy atom. The van der Waals surface area contributed by atoms with Crippen LogP contribution in [0.2, 0.25) is 0 Å². The maximum Gasteiger partial charge on any atom is 0.416 e. The summed E-state index contributed by atoms with van der Waals surface area (Å²) >= 11 is 0. The van der Waals surface area contributed by atoms with Gasteiger partial charge in [-0.2, -0.15) is 13.2 Å². The monoisotopic (exact) mass is 286 g/mol. The van der Waals surface area contributed by atoms with E-state index in [1.807, 2.05) is 0 Å². The molecular weight excluding hydrogens is 273 g/mol. The lowest BCUT2D eigenvalue weighted by molar-refractivity contribution is -0.137. The molecule has 0 saturated carbocycles. The summed E-state index contributed by atoms with van der Waals surface area (Å²) in [6, 6.07) is 5.31. The van der Waals surface area contributed by atoms with Gasteiger partial charge in [-0.05, 0) is 24.3 Å². The number of furan rings is 1. The van der Waals surface area contributed by atoms with Crippen LogP contribution in [-0.2, 0) is 12.6 Å². The Labute approximate surface area is 113 Å². The number of alkyl halides is 3. The number of anilines is 2. The zero-order chi connectivity index (χ0) is 14.6. The van der Waals surface area contributed by atoms with Gasteiger partial charge >= 0.3 is 6.18 Å². The molecule has 0 fully saturated rings. The van der Waals surface area contributed by atoms with E-state index in [1.54, 1.807) is 12.1 Å². The van der Waals surface area contributed by atoms with Crippen molar-refractivity contribution in [1.29, 1.82) is 0 Å². The first kappa shape index (κ1) is 14.2. The number of rotatable bonds is 5. The fourth-order valence-electron chi connectivity index (χ4n) is 1.63. The molecule has 0 unspecified atom stereocenters. The van der Waals surface area contributed by atoms with Crippen LogP contribution < -0.4 is 16.6 Å². The van der Waals surface area contributed by atoms with Gasteiger partial charge in [-0.1, -0.05) is 0 Å². The number of halogens is 3. The molecule has 108 valence electrons. The lowest BCUT2D eigenvalue weighted by Crippen LogP contribution is -2.14. The quantitative estimate of drug-likeness (QED) is 0.582. The number of nitrogen functional groups attached to an aromatic ring is 1. The fraction of sp³-hybridized carbons (Fsp3) is 0.250. The lowest BCUT2D eigenvalue weighted by atomic mass is 10.2. The summed E-state index contributed by atoms with van der Waals surface area (Å²) in [5.74, 6) is 5.89. The Hall–Kier alpha value is -2.22. The molecule has 4 N–H and O–H groups in total. The molecule has 8 heteroatoms. The lowest BCUT2D eigenvalue weighted by Gasteiger charge is -2.12. The highest BCUT2D eigenvalue weighted by atomic mass is 19.4. The van der Waals surface area contributed by atoms with Crippen LogP contribution >= 0.6 is 0 Å². The Balaban J connectivity index is 2.06. The molecule has 2 aromatic heterocycles. The van der Waals surface area contributed by atoms with Gasteiger partial charge in [0.2, 0.25) is 0 Å². The first-order valence-electron chi connectivity index (χ1n) is 5.81. The largest absolute Gasteiger partial charge is 0.469 e. The average Bonchev–Trinajstić information content (AvgIpc) is 2.90. The van der Waals surface area contributed by atoms with Crippen LogP contribution in [0.5, 0.6) is 0 Å². The Kier molecular flexibility index (Phi) is 4.14. The number of nitrogens with one attached hydrogen (secondary N) is 2. The molecule has 0 amide bonds. The Bertz CT molecular complexity index is 554. The van der Waals surface area contributed by atoms with Gasteiger partial charge in [0.25, 0.3) is 0 Å². The minimum Gasteiger partial charge on any atom is -0.469 e. The normalized spacial score (nSPS) is 11.4. The van der Waals surface area contributed by atoms with Crippen molar-refractivity contribution in [3.63, 3.8) is 0 Å². The van der Waals surface area contributed by atoms with E-state index in [0.717, 1.165) is 17.9 Å². The third kappa shape index (κ3) is 3.64. The molecule has 0 atom stereocenters. The summed E-state index contributed by atoms with van der Waals surface area (Å²) in [4.78, 5) is 3.91. The number of hydrogen-bond donors (Lipinski definition) is 3. The maximum absolute atomic E-state index is 12.7. The number of aromatic nitrogens is 1. The third-order valence-electron chi connectivity index (χ3n) is 2.56. The van der Waals surface area contributed by atoms with Crippen molar-refractivity contribution in [3.05, 3.63) is 41.9 Å². The molecule has 0 spiro atoms. The van der Waals surface area contributed by atoms with Crippen LogP contribution in [0.4, 0.5) is 24.8 Å². The molecule has 5 nitrogen and oxygen atoms in total. The van der Waals surface area contributed by atoms with E-state index < -0.39 is 11.7 Å². The molecule has 2 rings (SSSR count). The Morgan fingerprint density at radius 2 is 2.00 bits per heavy atom. The van der Waals surface area contributed by atoms with E-state index in [9.17, 15) is 13.2 Å². The highest BCUT2D eigenvalue weighted by molar-refractivity contribution is 5.49. The molecule has 20 heavy (non-hydrogen) atoms. The molecule has 2 heterocycles. The first-order valence-corrected chi connectivity index (χ1v) is 5.81. The van der Waals surface area contributed by atoms with Crippen LogP contribution in [0.1, 0.15) is 11.3 Å². The van der Waals surface area contributed by atoms with Crippen LogP contribution in [0.15, 0.2) is 34.9 Å². The van der Waals surface area contributed by atoms with Gasteiger partial charge in [0, 0.05) is 13.0 Å². The standard InChI is InChI=1S/C12H13F3N4O/c13-12(14,15)8-6-10(18-11(7-8)19-16)17-4-3-9-2-1-5-20-9/h1-2,5-7H,3-4,16H2,(H2,17,18,19). The van der Waals surface area contributed by atoms with Gasteiger partial charge in [-0.3, -0.25) is 0 Å². The second-order valence-corrected chi connectivity index (χ2v) is 4.02. The Morgan fingerprint density at radius 1 is 1.25 bits per heavy atom. The molecule has 0 aliphatic heterocycles. The number of hydrazine groups is 1. The van der Waals surface area contributed by atoms with Gasteiger partial charge in [0.05, 0.1) is 11.8 Å². The number of pyridine rings is 1.